The second kappa shape index (κ2) is 7.49. The standard InChI is InChI=1S/C18H24N4O2/c1-3-8-21-9-11-22(12-10-21)18(23)17-13-16(19-20-17)14-4-6-15(24-2)7-5-14/h4-7,13H,3,8-12H2,1-2H3,(H,19,20). The molecular weight excluding hydrogens is 304 g/mol. The summed E-state index contributed by atoms with van der Waals surface area (Å²) in [4.78, 5) is 16.9. The summed E-state index contributed by atoms with van der Waals surface area (Å²) in [7, 11) is 1.64. The SMILES string of the molecule is CCCN1CCN(C(=O)c2cc(-c3ccc(OC)cc3)n[nH]2)CC1. The van der Waals surface area contributed by atoms with E-state index in [9.17, 15) is 4.79 Å². The molecule has 24 heavy (non-hydrogen) atoms. The summed E-state index contributed by atoms with van der Waals surface area (Å²) in [6, 6.07) is 9.47. The number of amides is 1. The molecule has 0 spiro atoms. The number of hydrogen-bond acceptors (Lipinski definition) is 4. The molecule has 0 unspecified atom stereocenters. The van der Waals surface area contributed by atoms with E-state index in [4.69, 9.17) is 4.74 Å². The smallest absolute Gasteiger partial charge is 0.271 e. The quantitative estimate of drug-likeness (QED) is 0.914. The monoisotopic (exact) mass is 328 g/mol. The van der Waals surface area contributed by atoms with Crippen molar-refractivity contribution in [2.24, 2.45) is 0 Å². The van der Waals surface area contributed by atoms with Crippen molar-refractivity contribution in [1.82, 2.24) is 20.0 Å². The lowest BCUT2D eigenvalue weighted by Gasteiger charge is -2.34. The number of piperazine rings is 1. The molecular formula is C18H24N4O2. The molecule has 0 radical (unpaired) electrons. The van der Waals surface area contributed by atoms with Crippen LogP contribution in [-0.4, -0.2) is 65.7 Å². The maximum Gasteiger partial charge on any atom is 0.271 e. The minimum atomic E-state index is 0.0263. The van der Waals surface area contributed by atoms with Crippen molar-refractivity contribution >= 4 is 5.91 Å². The molecule has 1 amide bonds. The first-order chi connectivity index (χ1) is 11.7. The summed E-state index contributed by atoms with van der Waals surface area (Å²) >= 11 is 0. The molecule has 1 fully saturated rings. The van der Waals surface area contributed by atoms with Gasteiger partial charge in [-0.25, -0.2) is 0 Å². The third kappa shape index (κ3) is 3.59. The molecule has 1 saturated heterocycles. The van der Waals surface area contributed by atoms with Crippen molar-refractivity contribution in [1.29, 1.82) is 0 Å². The summed E-state index contributed by atoms with van der Waals surface area (Å²) < 4.78 is 5.16. The van der Waals surface area contributed by atoms with Crippen molar-refractivity contribution < 1.29 is 9.53 Å². The second-order valence-corrected chi connectivity index (χ2v) is 6.03. The number of benzene rings is 1. The number of aromatic amines is 1. The number of methoxy groups -OCH3 is 1. The first-order valence-corrected chi connectivity index (χ1v) is 8.42. The fourth-order valence-electron chi connectivity index (χ4n) is 3.00. The Labute approximate surface area is 142 Å². The highest BCUT2D eigenvalue weighted by atomic mass is 16.5. The van der Waals surface area contributed by atoms with Crippen LogP contribution in [0.4, 0.5) is 0 Å². The van der Waals surface area contributed by atoms with Gasteiger partial charge in [0.2, 0.25) is 0 Å². The zero-order valence-electron chi connectivity index (χ0n) is 14.3. The van der Waals surface area contributed by atoms with Gasteiger partial charge >= 0.3 is 0 Å². The van der Waals surface area contributed by atoms with Crippen molar-refractivity contribution in [2.45, 2.75) is 13.3 Å². The molecule has 128 valence electrons. The van der Waals surface area contributed by atoms with Gasteiger partial charge < -0.3 is 9.64 Å². The lowest BCUT2D eigenvalue weighted by atomic mass is 10.1. The topological polar surface area (TPSA) is 61.5 Å². The number of nitrogens with one attached hydrogen (secondary N) is 1. The first-order valence-electron chi connectivity index (χ1n) is 8.42. The lowest BCUT2D eigenvalue weighted by molar-refractivity contribution is 0.0631. The summed E-state index contributed by atoms with van der Waals surface area (Å²) in [5.41, 5.74) is 2.27. The van der Waals surface area contributed by atoms with Crippen LogP contribution in [-0.2, 0) is 0 Å². The third-order valence-corrected chi connectivity index (χ3v) is 4.39. The van der Waals surface area contributed by atoms with E-state index >= 15 is 0 Å². The number of carbonyl (C=O) groups is 1. The minimum absolute atomic E-state index is 0.0263. The van der Waals surface area contributed by atoms with Crippen LogP contribution < -0.4 is 4.74 Å². The van der Waals surface area contributed by atoms with Crippen LogP contribution in [0.2, 0.25) is 0 Å². The molecule has 2 heterocycles. The third-order valence-electron chi connectivity index (χ3n) is 4.39. The van der Waals surface area contributed by atoms with E-state index in [0.717, 1.165) is 56.2 Å². The van der Waals surface area contributed by atoms with Crippen molar-refractivity contribution in [2.75, 3.05) is 39.8 Å². The van der Waals surface area contributed by atoms with Gasteiger partial charge in [-0.15, -0.1) is 0 Å². The number of H-pyrrole nitrogens is 1. The first kappa shape index (κ1) is 16.5. The van der Waals surface area contributed by atoms with E-state index < -0.39 is 0 Å². The summed E-state index contributed by atoms with van der Waals surface area (Å²) in [5, 5.41) is 7.16. The van der Waals surface area contributed by atoms with Crippen molar-refractivity contribution in [3.05, 3.63) is 36.0 Å². The zero-order chi connectivity index (χ0) is 16.9. The second-order valence-electron chi connectivity index (χ2n) is 6.03. The number of carbonyl (C=O) groups excluding carboxylic acids is 1. The van der Waals surface area contributed by atoms with Crippen LogP contribution in [0, 0.1) is 0 Å². The molecule has 0 bridgehead atoms. The predicted molar refractivity (Wildman–Crippen MR) is 93.2 cm³/mol. The molecule has 0 saturated carbocycles. The van der Waals surface area contributed by atoms with E-state index in [0.29, 0.717) is 5.69 Å². The Balaban J connectivity index is 1.65. The van der Waals surface area contributed by atoms with E-state index in [-0.39, 0.29) is 5.91 Å². The van der Waals surface area contributed by atoms with E-state index in [1.807, 2.05) is 35.2 Å². The molecule has 0 atom stereocenters. The highest BCUT2D eigenvalue weighted by Gasteiger charge is 2.23. The highest BCUT2D eigenvalue weighted by Crippen LogP contribution is 2.21. The fourth-order valence-corrected chi connectivity index (χ4v) is 3.00. The molecule has 1 N–H and O–H groups in total. The van der Waals surface area contributed by atoms with Gasteiger partial charge in [-0.2, -0.15) is 5.10 Å². The predicted octanol–water partition coefficient (Wildman–Crippen LogP) is 2.25. The molecule has 1 aliphatic heterocycles. The number of rotatable bonds is 5. The summed E-state index contributed by atoms with van der Waals surface area (Å²) in [6.45, 7) is 6.72. The highest BCUT2D eigenvalue weighted by molar-refractivity contribution is 5.93. The maximum absolute atomic E-state index is 12.6. The molecule has 1 aromatic carbocycles. The van der Waals surface area contributed by atoms with Crippen LogP contribution in [0.1, 0.15) is 23.8 Å². The van der Waals surface area contributed by atoms with E-state index in [1.165, 1.54) is 0 Å². The van der Waals surface area contributed by atoms with Crippen LogP contribution in [0.15, 0.2) is 30.3 Å². The average Bonchev–Trinajstić information content (AvgIpc) is 3.12. The summed E-state index contributed by atoms with van der Waals surface area (Å²) in [6.07, 6.45) is 1.15. The van der Waals surface area contributed by atoms with Gasteiger partial charge in [0.15, 0.2) is 0 Å². The van der Waals surface area contributed by atoms with Crippen LogP contribution >= 0.6 is 0 Å². The molecule has 3 rings (SSSR count). The van der Waals surface area contributed by atoms with E-state index in [2.05, 4.69) is 22.0 Å². The molecule has 2 aromatic rings. The molecule has 6 nitrogen and oxygen atoms in total. The number of ether oxygens (including phenoxy) is 1. The Kier molecular flexibility index (Phi) is 5.15. The Bertz CT molecular complexity index is 673. The Morgan fingerprint density at radius 1 is 1.21 bits per heavy atom. The zero-order valence-corrected chi connectivity index (χ0v) is 14.3. The maximum atomic E-state index is 12.6. The molecule has 1 aliphatic rings. The van der Waals surface area contributed by atoms with Crippen molar-refractivity contribution in [3.63, 3.8) is 0 Å². The van der Waals surface area contributed by atoms with Gasteiger partial charge in [0, 0.05) is 31.7 Å². The van der Waals surface area contributed by atoms with Gasteiger partial charge in [-0.05, 0) is 43.3 Å². The lowest BCUT2D eigenvalue weighted by Crippen LogP contribution is -2.48. The molecule has 1 aromatic heterocycles. The van der Waals surface area contributed by atoms with Crippen molar-refractivity contribution in [3.8, 4) is 17.0 Å². The van der Waals surface area contributed by atoms with E-state index in [1.54, 1.807) is 7.11 Å². The average molecular weight is 328 g/mol. The molecule has 6 heteroatoms. The number of nitrogens with zero attached hydrogens (tertiary/aromatic N) is 3. The number of aromatic nitrogens is 2. The van der Waals surface area contributed by atoms with Crippen LogP contribution in [0.3, 0.4) is 0 Å². The van der Waals surface area contributed by atoms with Crippen LogP contribution in [0.5, 0.6) is 5.75 Å². The van der Waals surface area contributed by atoms with Gasteiger partial charge in [-0.1, -0.05) is 6.92 Å². The van der Waals surface area contributed by atoms with Gasteiger partial charge in [0.1, 0.15) is 11.4 Å². The largest absolute Gasteiger partial charge is 0.497 e. The van der Waals surface area contributed by atoms with Gasteiger partial charge in [0.05, 0.1) is 12.8 Å². The Morgan fingerprint density at radius 3 is 2.54 bits per heavy atom. The normalized spacial score (nSPS) is 15.5. The summed E-state index contributed by atoms with van der Waals surface area (Å²) in [5.74, 6) is 0.828. The fraction of sp³-hybridized carbons (Fsp3) is 0.444. The Hall–Kier alpha value is -2.34. The Morgan fingerprint density at radius 2 is 1.92 bits per heavy atom. The van der Waals surface area contributed by atoms with Crippen LogP contribution in [0.25, 0.3) is 11.3 Å². The minimum Gasteiger partial charge on any atom is -0.497 e. The van der Waals surface area contributed by atoms with Gasteiger partial charge in [0.25, 0.3) is 5.91 Å². The number of hydrogen-bond donors (Lipinski definition) is 1. The molecule has 0 aliphatic carbocycles. The van der Waals surface area contributed by atoms with Gasteiger partial charge in [-0.3, -0.25) is 14.8 Å².